The van der Waals surface area contributed by atoms with E-state index >= 15 is 0 Å². The number of hydrogen-bond donors (Lipinski definition) is 1. The fraction of sp³-hybridized carbons (Fsp3) is 0.526. The van der Waals surface area contributed by atoms with Gasteiger partial charge in [0, 0.05) is 19.1 Å². The molecule has 7 heteroatoms. The highest BCUT2D eigenvalue weighted by Crippen LogP contribution is 2.19. The average molecular weight is 359 g/mol. The first kappa shape index (κ1) is 18.2. The minimum Gasteiger partial charge on any atom is -0.452 e. The minimum atomic E-state index is -0.818. The van der Waals surface area contributed by atoms with Gasteiger partial charge in [-0.3, -0.25) is 18.7 Å². The number of ether oxygens (including phenoxy) is 1. The number of carbonyl (C=O) groups is 2. The summed E-state index contributed by atoms with van der Waals surface area (Å²) in [6, 6.07) is 7.78. The minimum absolute atomic E-state index is 0.0427. The Balaban J connectivity index is 1.65. The highest BCUT2D eigenvalue weighted by Gasteiger charge is 2.27. The molecule has 1 saturated carbocycles. The van der Waals surface area contributed by atoms with Crippen molar-refractivity contribution < 1.29 is 14.3 Å². The molecule has 0 unspecified atom stereocenters. The van der Waals surface area contributed by atoms with E-state index in [4.69, 9.17) is 4.74 Å². The number of nitrogens with zero attached hydrogens (tertiary/aromatic N) is 2. The summed E-state index contributed by atoms with van der Waals surface area (Å²) in [6.07, 6.45) is 2.04. The smallest absolute Gasteiger partial charge is 0.329 e. The van der Waals surface area contributed by atoms with Crippen LogP contribution < -0.4 is 11.0 Å². The van der Waals surface area contributed by atoms with Gasteiger partial charge in [-0.05, 0) is 38.3 Å². The summed E-state index contributed by atoms with van der Waals surface area (Å²) in [6.45, 7) is 4.44. The monoisotopic (exact) mass is 359 g/mol. The summed E-state index contributed by atoms with van der Waals surface area (Å²) in [5.41, 5.74) is 1.54. The number of fused-ring (bicyclic) bond motifs is 1. The number of carbonyl (C=O) groups excluding carboxylic acids is 2. The van der Waals surface area contributed by atoms with E-state index in [0.29, 0.717) is 6.54 Å². The van der Waals surface area contributed by atoms with E-state index in [1.165, 1.54) is 0 Å². The first-order valence-corrected chi connectivity index (χ1v) is 9.19. The first-order valence-electron chi connectivity index (χ1n) is 9.19. The molecule has 140 valence electrons. The van der Waals surface area contributed by atoms with Crippen LogP contribution in [-0.2, 0) is 27.4 Å². The van der Waals surface area contributed by atoms with Gasteiger partial charge >= 0.3 is 11.7 Å². The lowest BCUT2D eigenvalue weighted by atomic mass is 10.3. The topological polar surface area (TPSA) is 82.3 Å². The van der Waals surface area contributed by atoms with Crippen LogP contribution in [0.1, 0.15) is 39.5 Å². The average Bonchev–Trinajstić information content (AvgIpc) is 3.39. The summed E-state index contributed by atoms with van der Waals surface area (Å²) in [7, 11) is 0. The van der Waals surface area contributed by atoms with Crippen molar-refractivity contribution in [2.75, 3.05) is 0 Å². The zero-order chi connectivity index (χ0) is 18.7. The third-order valence-electron chi connectivity index (χ3n) is 4.51. The lowest BCUT2D eigenvalue weighted by Gasteiger charge is -2.13. The molecule has 1 aromatic carbocycles. The van der Waals surface area contributed by atoms with E-state index in [-0.39, 0.29) is 30.6 Å². The lowest BCUT2D eigenvalue weighted by molar-refractivity contribution is -0.155. The highest BCUT2D eigenvalue weighted by molar-refractivity contribution is 5.84. The molecule has 1 heterocycles. The van der Waals surface area contributed by atoms with E-state index < -0.39 is 12.1 Å². The molecule has 7 nitrogen and oxygen atoms in total. The van der Waals surface area contributed by atoms with Crippen molar-refractivity contribution in [1.82, 2.24) is 14.5 Å². The van der Waals surface area contributed by atoms with Gasteiger partial charge in [0.05, 0.1) is 17.5 Å². The highest BCUT2D eigenvalue weighted by atomic mass is 16.5. The molecule has 0 saturated heterocycles. The van der Waals surface area contributed by atoms with Crippen molar-refractivity contribution in [3.8, 4) is 0 Å². The van der Waals surface area contributed by atoms with Crippen LogP contribution in [0, 0.1) is 0 Å². The summed E-state index contributed by atoms with van der Waals surface area (Å²) in [5, 5.41) is 2.81. The fourth-order valence-electron chi connectivity index (χ4n) is 2.99. The number of hydrogen-bond acceptors (Lipinski definition) is 4. The van der Waals surface area contributed by atoms with Crippen molar-refractivity contribution in [3.63, 3.8) is 0 Å². The zero-order valence-corrected chi connectivity index (χ0v) is 15.2. The summed E-state index contributed by atoms with van der Waals surface area (Å²) in [5.74, 6) is -0.750. The van der Waals surface area contributed by atoms with Crippen LogP contribution in [0.15, 0.2) is 29.1 Å². The molecular weight excluding hydrogens is 334 g/mol. The molecule has 0 spiro atoms. The molecule has 3 rings (SSSR count). The number of amides is 1. The van der Waals surface area contributed by atoms with Gasteiger partial charge in [0.15, 0.2) is 6.10 Å². The normalized spacial score (nSPS) is 15.0. The third-order valence-corrected chi connectivity index (χ3v) is 4.51. The Hall–Kier alpha value is -2.57. The van der Waals surface area contributed by atoms with E-state index in [1.54, 1.807) is 16.1 Å². The zero-order valence-electron chi connectivity index (χ0n) is 15.2. The molecule has 1 atom stereocenters. The maximum atomic E-state index is 12.7. The Kier molecular flexibility index (Phi) is 5.44. The second kappa shape index (κ2) is 7.76. The SMILES string of the molecule is CCCn1c(=O)n(CCC(=O)O[C@@H](C)C(=O)NC2CC2)c2ccccc21. The number of rotatable bonds is 8. The molecule has 26 heavy (non-hydrogen) atoms. The molecule has 0 bridgehead atoms. The fourth-order valence-corrected chi connectivity index (χ4v) is 2.99. The molecule has 1 aliphatic rings. The van der Waals surface area contributed by atoms with Gasteiger partial charge in [-0.15, -0.1) is 0 Å². The van der Waals surface area contributed by atoms with Crippen LogP contribution in [0.4, 0.5) is 0 Å². The number of nitrogens with one attached hydrogen (secondary N) is 1. The van der Waals surface area contributed by atoms with Gasteiger partial charge < -0.3 is 10.1 Å². The Labute approximate surface area is 151 Å². The van der Waals surface area contributed by atoms with E-state index in [1.807, 2.05) is 31.2 Å². The van der Waals surface area contributed by atoms with Gasteiger partial charge in [-0.25, -0.2) is 4.79 Å². The van der Waals surface area contributed by atoms with Crippen LogP contribution in [0.3, 0.4) is 0 Å². The molecule has 0 radical (unpaired) electrons. The predicted octanol–water partition coefficient (Wildman–Crippen LogP) is 1.81. The van der Waals surface area contributed by atoms with Crippen molar-refractivity contribution in [1.29, 1.82) is 0 Å². The largest absolute Gasteiger partial charge is 0.452 e. The molecule has 0 aliphatic heterocycles. The molecule has 1 amide bonds. The number of esters is 1. The maximum absolute atomic E-state index is 12.7. The van der Waals surface area contributed by atoms with Gasteiger partial charge in [0.1, 0.15) is 0 Å². The Morgan fingerprint density at radius 1 is 1.19 bits per heavy atom. The number of aromatic nitrogens is 2. The van der Waals surface area contributed by atoms with Crippen LogP contribution in [0.5, 0.6) is 0 Å². The van der Waals surface area contributed by atoms with Crippen molar-refractivity contribution in [3.05, 3.63) is 34.7 Å². The molecule has 1 aromatic heterocycles. The number of imidazole rings is 1. The summed E-state index contributed by atoms with van der Waals surface area (Å²) >= 11 is 0. The van der Waals surface area contributed by atoms with E-state index in [0.717, 1.165) is 30.3 Å². The number of aryl methyl sites for hydroxylation is 2. The second-order valence-electron chi connectivity index (χ2n) is 6.74. The summed E-state index contributed by atoms with van der Waals surface area (Å²) < 4.78 is 8.52. The Bertz CT molecular complexity index is 863. The summed E-state index contributed by atoms with van der Waals surface area (Å²) in [4.78, 5) is 36.6. The van der Waals surface area contributed by atoms with Gasteiger partial charge in [-0.1, -0.05) is 19.1 Å². The Morgan fingerprint density at radius 2 is 1.81 bits per heavy atom. The van der Waals surface area contributed by atoms with Crippen LogP contribution in [-0.4, -0.2) is 33.2 Å². The van der Waals surface area contributed by atoms with Crippen LogP contribution in [0.2, 0.25) is 0 Å². The van der Waals surface area contributed by atoms with Gasteiger partial charge in [0.25, 0.3) is 5.91 Å². The first-order chi connectivity index (χ1) is 12.5. The van der Waals surface area contributed by atoms with Crippen molar-refractivity contribution >= 4 is 22.9 Å². The van der Waals surface area contributed by atoms with Crippen LogP contribution >= 0.6 is 0 Å². The lowest BCUT2D eigenvalue weighted by Crippen LogP contribution is -2.37. The van der Waals surface area contributed by atoms with Crippen molar-refractivity contribution in [2.45, 2.75) is 64.8 Å². The van der Waals surface area contributed by atoms with Crippen LogP contribution in [0.25, 0.3) is 11.0 Å². The molecule has 1 N–H and O–H groups in total. The molecule has 2 aromatic rings. The Morgan fingerprint density at radius 3 is 2.38 bits per heavy atom. The van der Waals surface area contributed by atoms with E-state index in [9.17, 15) is 14.4 Å². The quantitative estimate of drug-likeness (QED) is 0.729. The van der Waals surface area contributed by atoms with Gasteiger partial charge in [0.2, 0.25) is 0 Å². The van der Waals surface area contributed by atoms with E-state index in [2.05, 4.69) is 5.32 Å². The second-order valence-corrected chi connectivity index (χ2v) is 6.74. The maximum Gasteiger partial charge on any atom is 0.329 e. The molecule has 1 aliphatic carbocycles. The number of para-hydroxylation sites is 2. The van der Waals surface area contributed by atoms with Crippen molar-refractivity contribution in [2.24, 2.45) is 0 Å². The molecular formula is C19H25N3O4. The predicted molar refractivity (Wildman–Crippen MR) is 97.8 cm³/mol. The number of benzene rings is 1. The third kappa shape index (κ3) is 3.98. The van der Waals surface area contributed by atoms with Gasteiger partial charge in [-0.2, -0.15) is 0 Å². The molecule has 1 fully saturated rings. The standard InChI is InChI=1S/C19H25N3O4/c1-3-11-21-15-6-4-5-7-16(15)22(19(21)25)12-10-17(23)26-13(2)18(24)20-14-8-9-14/h4-7,13-14H,3,8-12H2,1-2H3,(H,20,24)/t13-/m0/s1.